The van der Waals surface area contributed by atoms with Gasteiger partial charge in [-0.05, 0) is 6.92 Å². The van der Waals surface area contributed by atoms with Gasteiger partial charge in [0.2, 0.25) is 0 Å². The van der Waals surface area contributed by atoms with E-state index in [9.17, 15) is 0 Å². The maximum Gasteiger partial charge on any atom is 0.196 e. The Bertz CT molecular complexity index is 459. The van der Waals surface area contributed by atoms with Crippen molar-refractivity contribution in [2.24, 2.45) is 5.73 Å². The van der Waals surface area contributed by atoms with E-state index >= 15 is 0 Å². The first-order chi connectivity index (χ1) is 7.20. The number of aromatic nitrogens is 2. The van der Waals surface area contributed by atoms with E-state index in [0.29, 0.717) is 36.3 Å². The van der Waals surface area contributed by atoms with Gasteiger partial charge in [-0.1, -0.05) is 0 Å². The van der Waals surface area contributed by atoms with E-state index in [4.69, 9.17) is 14.6 Å². The summed E-state index contributed by atoms with van der Waals surface area (Å²) < 4.78 is 10.9. The fourth-order valence-electron chi connectivity index (χ4n) is 1.41. The lowest BCUT2D eigenvalue weighted by Crippen LogP contribution is -2.02. The van der Waals surface area contributed by atoms with E-state index in [1.807, 2.05) is 6.92 Å². The standard InChI is InChI=1S/C10H13N3O2/c1-6-10(14-7(2)13-6)8-5-12-9(15-8)3-4-11/h5H,3-4,11H2,1-2H3. The molecule has 2 aromatic heterocycles. The molecule has 2 N–H and O–H groups in total. The number of aryl methyl sites for hydroxylation is 2. The predicted octanol–water partition coefficient (Wildman–Crippen LogP) is 1.45. The summed E-state index contributed by atoms with van der Waals surface area (Å²) in [5, 5.41) is 0. The molecule has 0 bridgehead atoms. The van der Waals surface area contributed by atoms with E-state index in [-0.39, 0.29) is 0 Å². The second kappa shape index (κ2) is 3.86. The first kappa shape index (κ1) is 9.92. The molecular weight excluding hydrogens is 194 g/mol. The first-order valence-electron chi connectivity index (χ1n) is 4.80. The van der Waals surface area contributed by atoms with Crippen LogP contribution in [0.25, 0.3) is 11.5 Å². The van der Waals surface area contributed by atoms with Crippen LogP contribution in [0, 0.1) is 13.8 Å². The van der Waals surface area contributed by atoms with Crippen LogP contribution in [0.3, 0.4) is 0 Å². The maximum atomic E-state index is 5.48. The van der Waals surface area contributed by atoms with Gasteiger partial charge in [0, 0.05) is 19.9 Å². The van der Waals surface area contributed by atoms with E-state index < -0.39 is 0 Å². The molecule has 15 heavy (non-hydrogen) atoms. The lowest BCUT2D eigenvalue weighted by molar-refractivity contribution is 0.472. The Hall–Kier alpha value is -1.62. The minimum atomic E-state index is 0.522. The van der Waals surface area contributed by atoms with E-state index in [1.54, 1.807) is 13.1 Å². The number of nitrogens with zero attached hydrogens (tertiary/aromatic N) is 2. The minimum Gasteiger partial charge on any atom is -0.437 e. The summed E-state index contributed by atoms with van der Waals surface area (Å²) in [6, 6.07) is 0. The summed E-state index contributed by atoms with van der Waals surface area (Å²) in [5.41, 5.74) is 6.22. The second-order valence-corrected chi connectivity index (χ2v) is 3.30. The van der Waals surface area contributed by atoms with Gasteiger partial charge in [0.25, 0.3) is 0 Å². The fraction of sp³-hybridized carbons (Fsp3) is 0.400. The maximum absolute atomic E-state index is 5.48. The average Bonchev–Trinajstić information content (AvgIpc) is 2.73. The Balaban J connectivity index is 2.32. The molecule has 5 heteroatoms. The molecule has 5 nitrogen and oxygen atoms in total. The lowest BCUT2D eigenvalue weighted by Gasteiger charge is -1.91. The van der Waals surface area contributed by atoms with Crippen LogP contribution >= 0.6 is 0 Å². The van der Waals surface area contributed by atoms with Crippen molar-refractivity contribution in [2.75, 3.05) is 6.54 Å². The molecule has 0 amide bonds. The lowest BCUT2D eigenvalue weighted by atomic mass is 10.3. The molecule has 0 aromatic carbocycles. The molecule has 0 aliphatic rings. The molecule has 0 aliphatic carbocycles. The summed E-state index contributed by atoms with van der Waals surface area (Å²) in [6.45, 7) is 4.19. The molecule has 0 fully saturated rings. The van der Waals surface area contributed by atoms with E-state index in [0.717, 1.165) is 5.69 Å². The third kappa shape index (κ3) is 1.92. The van der Waals surface area contributed by atoms with Crippen molar-refractivity contribution >= 4 is 0 Å². The molecule has 2 aromatic rings. The zero-order valence-electron chi connectivity index (χ0n) is 8.78. The Morgan fingerprint density at radius 3 is 2.73 bits per heavy atom. The number of hydrogen-bond donors (Lipinski definition) is 1. The second-order valence-electron chi connectivity index (χ2n) is 3.30. The summed E-state index contributed by atoms with van der Waals surface area (Å²) in [6.07, 6.45) is 2.27. The zero-order valence-corrected chi connectivity index (χ0v) is 8.78. The van der Waals surface area contributed by atoms with Gasteiger partial charge in [0.15, 0.2) is 23.3 Å². The summed E-state index contributed by atoms with van der Waals surface area (Å²) >= 11 is 0. The van der Waals surface area contributed by atoms with Crippen LogP contribution in [0.4, 0.5) is 0 Å². The predicted molar refractivity (Wildman–Crippen MR) is 54.2 cm³/mol. The van der Waals surface area contributed by atoms with Crippen molar-refractivity contribution in [3.05, 3.63) is 23.7 Å². The monoisotopic (exact) mass is 207 g/mol. The van der Waals surface area contributed by atoms with Crippen LogP contribution in [0.1, 0.15) is 17.5 Å². The van der Waals surface area contributed by atoms with E-state index in [2.05, 4.69) is 9.97 Å². The Morgan fingerprint density at radius 1 is 1.33 bits per heavy atom. The van der Waals surface area contributed by atoms with Gasteiger partial charge in [0.05, 0.1) is 11.9 Å². The highest BCUT2D eigenvalue weighted by molar-refractivity contribution is 5.51. The third-order valence-corrected chi connectivity index (χ3v) is 2.04. The molecule has 0 saturated carbocycles. The Morgan fingerprint density at radius 2 is 2.13 bits per heavy atom. The fourth-order valence-corrected chi connectivity index (χ4v) is 1.41. The minimum absolute atomic E-state index is 0.522. The number of hydrogen-bond acceptors (Lipinski definition) is 5. The van der Waals surface area contributed by atoms with Crippen molar-refractivity contribution in [3.63, 3.8) is 0 Å². The average molecular weight is 207 g/mol. The molecule has 0 atom stereocenters. The molecule has 0 unspecified atom stereocenters. The summed E-state index contributed by atoms with van der Waals surface area (Å²) in [5.74, 6) is 2.50. The molecule has 2 heterocycles. The molecule has 0 spiro atoms. The van der Waals surface area contributed by atoms with Crippen LogP contribution < -0.4 is 5.73 Å². The topological polar surface area (TPSA) is 78.1 Å². The molecule has 0 radical (unpaired) electrons. The van der Waals surface area contributed by atoms with Crippen LogP contribution in [0.15, 0.2) is 15.0 Å². The first-order valence-corrected chi connectivity index (χ1v) is 4.80. The van der Waals surface area contributed by atoms with Crippen LogP contribution in [-0.2, 0) is 6.42 Å². The summed E-state index contributed by atoms with van der Waals surface area (Å²) in [7, 11) is 0. The number of rotatable bonds is 3. The molecule has 2 rings (SSSR count). The quantitative estimate of drug-likeness (QED) is 0.824. The molecular formula is C10H13N3O2. The SMILES string of the molecule is Cc1nc(C)c(-c2cnc(CCN)o2)o1. The van der Waals surface area contributed by atoms with Gasteiger partial charge >= 0.3 is 0 Å². The number of oxazole rings is 2. The van der Waals surface area contributed by atoms with E-state index in [1.165, 1.54) is 0 Å². The van der Waals surface area contributed by atoms with Gasteiger partial charge in [-0.3, -0.25) is 0 Å². The van der Waals surface area contributed by atoms with Crippen LogP contribution in [0.5, 0.6) is 0 Å². The van der Waals surface area contributed by atoms with Gasteiger partial charge in [-0.15, -0.1) is 0 Å². The highest BCUT2D eigenvalue weighted by Crippen LogP contribution is 2.24. The Kier molecular flexibility index (Phi) is 2.55. The van der Waals surface area contributed by atoms with Crippen LogP contribution in [0.2, 0.25) is 0 Å². The zero-order chi connectivity index (χ0) is 10.8. The van der Waals surface area contributed by atoms with Gasteiger partial charge in [0.1, 0.15) is 0 Å². The van der Waals surface area contributed by atoms with Crippen molar-refractivity contribution < 1.29 is 8.83 Å². The van der Waals surface area contributed by atoms with Gasteiger partial charge in [-0.2, -0.15) is 0 Å². The number of nitrogens with two attached hydrogens (primary N) is 1. The molecule has 80 valence electrons. The van der Waals surface area contributed by atoms with Crippen LogP contribution in [-0.4, -0.2) is 16.5 Å². The van der Waals surface area contributed by atoms with Crippen molar-refractivity contribution in [1.29, 1.82) is 0 Å². The largest absolute Gasteiger partial charge is 0.437 e. The highest BCUT2D eigenvalue weighted by Gasteiger charge is 2.14. The van der Waals surface area contributed by atoms with Crippen molar-refractivity contribution in [3.8, 4) is 11.5 Å². The molecule has 0 saturated heterocycles. The third-order valence-electron chi connectivity index (χ3n) is 2.04. The normalized spacial score (nSPS) is 10.9. The summed E-state index contributed by atoms with van der Waals surface area (Å²) in [4.78, 5) is 8.26. The Labute approximate surface area is 87.3 Å². The smallest absolute Gasteiger partial charge is 0.196 e. The van der Waals surface area contributed by atoms with Crippen molar-refractivity contribution in [2.45, 2.75) is 20.3 Å². The van der Waals surface area contributed by atoms with Gasteiger partial charge < -0.3 is 14.6 Å². The van der Waals surface area contributed by atoms with Crippen molar-refractivity contribution in [1.82, 2.24) is 9.97 Å². The highest BCUT2D eigenvalue weighted by atomic mass is 16.4. The molecule has 0 aliphatic heterocycles. The van der Waals surface area contributed by atoms with Gasteiger partial charge in [-0.25, -0.2) is 9.97 Å².